The molecule has 0 heterocycles. The van der Waals surface area contributed by atoms with Crippen LogP contribution in [0.25, 0.3) is 0 Å². The van der Waals surface area contributed by atoms with Crippen molar-refractivity contribution < 1.29 is 14.3 Å². The minimum Gasteiger partial charge on any atom is -0.446 e. The maximum absolute atomic E-state index is 10.8. The predicted molar refractivity (Wildman–Crippen MR) is 37.5 cm³/mol. The molecular weight excluding hydrogens is 146 g/mol. The molecule has 0 bridgehead atoms. The largest absolute Gasteiger partial charge is 0.446 e. The molecule has 1 aliphatic rings. The normalized spacial score (nSPS) is 22.8. The van der Waals surface area contributed by atoms with Crippen LogP contribution in [0.3, 0.4) is 0 Å². The van der Waals surface area contributed by atoms with Crippen LogP contribution in [0.2, 0.25) is 0 Å². The molecule has 0 radical (unpaired) electrons. The van der Waals surface area contributed by atoms with E-state index in [0.717, 1.165) is 0 Å². The summed E-state index contributed by atoms with van der Waals surface area (Å²) in [6.45, 7) is 0.343. The third-order valence-corrected chi connectivity index (χ3v) is 1.94. The standard InChI is InChI=1S/C7H11NO3/c8-7(11-5-9)3-1-6(10)2-4-7/h5H,1-4,8H2. The van der Waals surface area contributed by atoms with Gasteiger partial charge in [0.1, 0.15) is 5.78 Å². The van der Waals surface area contributed by atoms with Crippen LogP contribution in [0.5, 0.6) is 0 Å². The van der Waals surface area contributed by atoms with Crippen molar-refractivity contribution in [1.82, 2.24) is 0 Å². The fourth-order valence-corrected chi connectivity index (χ4v) is 1.17. The fraction of sp³-hybridized carbons (Fsp3) is 0.714. The Hall–Kier alpha value is -0.900. The van der Waals surface area contributed by atoms with E-state index >= 15 is 0 Å². The highest BCUT2D eigenvalue weighted by Crippen LogP contribution is 2.23. The van der Waals surface area contributed by atoms with Gasteiger partial charge in [-0.05, 0) is 0 Å². The summed E-state index contributed by atoms with van der Waals surface area (Å²) in [5.41, 5.74) is 4.75. The molecule has 0 aromatic heterocycles. The number of Topliss-reactive ketones (excluding diaryl/α,β-unsaturated/α-hetero) is 1. The lowest BCUT2D eigenvalue weighted by atomic mass is 9.91. The maximum atomic E-state index is 10.8. The van der Waals surface area contributed by atoms with Crippen molar-refractivity contribution in [3.8, 4) is 0 Å². The van der Waals surface area contributed by atoms with E-state index in [1.807, 2.05) is 0 Å². The monoisotopic (exact) mass is 157 g/mol. The number of carbonyl (C=O) groups excluding carboxylic acids is 2. The zero-order chi connectivity index (χ0) is 8.32. The van der Waals surface area contributed by atoms with Gasteiger partial charge < -0.3 is 4.74 Å². The second-order valence-electron chi connectivity index (χ2n) is 2.82. The van der Waals surface area contributed by atoms with Gasteiger partial charge in [-0.15, -0.1) is 0 Å². The summed E-state index contributed by atoms with van der Waals surface area (Å²) < 4.78 is 4.66. The zero-order valence-corrected chi connectivity index (χ0v) is 6.21. The molecule has 0 atom stereocenters. The highest BCUT2D eigenvalue weighted by molar-refractivity contribution is 5.79. The molecule has 4 nitrogen and oxygen atoms in total. The van der Waals surface area contributed by atoms with E-state index in [4.69, 9.17) is 5.73 Å². The number of hydrogen-bond acceptors (Lipinski definition) is 4. The summed E-state index contributed by atoms with van der Waals surface area (Å²) in [5.74, 6) is 0.195. The highest BCUT2D eigenvalue weighted by atomic mass is 16.5. The van der Waals surface area contributed by atoms with Gasteiger partial charge >= 0.3 is 0 Å². The van der Waals surface area contributed by atoms with Crippen LogP contribution >= 0.6 is 0 Å². The number of carbonyl (C=O) groups is 2. The van der Waals surface area contributed by atoms with Crippen LogP contribution in [-0.4, -0.2) is 18.0 Å². The van der Waals surface area contributed by atoms with Crippen LogP contribution in [-0.2, 0) is 14.3 Å². The van der Waals surface area contributed by atoms with Gasteiger partial charge in [-0.1, -0.05) is 0 Å². The summed E-state index contributed by atoms with van der Waals surface area (Å²) in [6.07, 6.45) is 1.74. The molecule has 1 aliphatic carbocycles. The molecule has 0 aromatic carbocycles. The second kappa shape index (κ2) is 3.00. The fourth-order valence-electron chi connectivity index (χ4n) is 1.17. The van der Waals surface area contributed by atoms with Crippen LogP contribution in [0.4, 0.5) is 0 Å². The van der Waals surface area contributed by atoms with E-state index in [9.17, 15) is 9.59 Å². The molecule has 1 rings (SSSR count). The van der Waals surface area contributed by atoms with Crippen molar-refractivity contribution >= 4 is 12.3 Å². The molecule has 4 heteroatoms. The van der Waals surface area contributed by atoms with E-state index in [0.29, 0.717) is 32.2 Å². The minimum atomic E-state index is -0.879. The Kier molecular flexibility index (Phi) is 2.24. The smallest absolute Gasteiger partial charge is 0.294 e. The van der Waals surface area contributed by atoms with Crippen LogP contribution in [0, 0.1) is 0 Å². The zero-order valence-electron chi connectivity index (χ0n) is 6.21. The molecule has 11 heavy (non-hydrogen) atoms. The van der Waals surface area contributed by atoms with Gasteiger partial charge in [-0.3, -0.25) is 15.3 Å². The second-order valence-corrected chi connectivity index (χ2v) is 2.82. The third-order valence-electron chi connectivity index (χ3n) is 1.94. The molecule has 62 valence electrons. The highest BCUT2D eigenvalue weighted by Gasteiger charge is 2.31. The number of rotatable bonds is 2. The minimum absolute atomic E-state index is 0.195. The first-order valence-electron chi connectivity index (χ1n) is 3.58. The maximum Gasteiger partial charge on any atom is 0.294 e. The molecule has 2 N–H and O–H groups in total. The number of ketones is 1. The van der Waals surface area contributed by atoms with Crippen molar-refractivity contribution in [2.24, 2.45) is 5.73 Å². The van der Waals surface area contributed by atoms with Gasteiger partial charge in [-0.25, -0.2) is 0 Å². The first-order valence-corrected chi connectivity index (χ1v) is 3.58. The lowest BCUT2D eigenvalue weighted by molar-refractivity contribution is -0.149. The molecule has 1 fully saturated rings. The van der Waals surface area contributed by atoms with E-state index in [1.165, 1.54) is 0 Å². The van der Waals surface area contributed by atoms with E-state index in [1.54, 1.807) is 0 Å². The van der Waals surface area contributed by atoms with E-state index in [2.05, 4.69) is 4.74 Å². The van der Waals surface area contributed by atoms with Crippen molar-refractivity contribution in [2.45, 2.75) is 31.4 Å². The lowest BCUT2D eigenvalue weighted by Crippen LogP contribution is -2.45. The molecule has 1 saturated carbocycles. The SMILES string of the molecule is NC1(OC=O)CCC(=O)CC1. The first-order chi connectivity index (χ1) is 5.16. The van der Waals surface area contributed by atoms with E-state index < -0.39 is 5.72 Å². The summed E-state index contributed by atoms with van der Waals surface area (Å²) in [7, 11) is 0. The molecule has 0 aromatic rings. The topological polar surface area (TPSA) is 69.4 Å². The molecular formula is C7H11NO3. The molecule has 0 aliphatic heterocycles. The first kappa shape index (κ1) is 8.20. The Labute approximate surface area is 64.7 Å². The number of ether oxygens (including phenoxy) is 1. The predicted octanol–water partition coefficient (Wildman–Crippen LogP) is -0.0425. The Morgan fingerprint density at radius 3 is 2.45 bits per heavy atom. The average Bonchev–Trinajstić information content (AvgIpc) is 1.97. The summed E-state index contributed by atoms with van der Waals surface area (Å²) in [6, 6.07) is 0. The molecule has 0 spiro atoms. The quantitative estimate of drug-likeness (QED) is 0.451. The Morgan fingerprint density at radius 2 is 2.00 bits per heavy atom. The summed E-state index contributed by atoms with van der Waals surface area (Å²) in [4.78, 5) is 20.7. The molecule has 0 saturated heterocycles. The van der Waals surface area contributed by atoms with Crippen LogP contribution < -0.4 is 5.73 Å². The van der Waals surface area contributed by atoms with Crippen LogP contribution in [0.1, 0.15) is 25.7 Å². The van der Waals surface area contributed by atoms with Gasteiger partial charge in [0.15, 0.2) is 5.72 Å². The van der Waals surface area contributed by atoms with Crippen molar-refractivity contribution in [3.05, 3.63) is 0 Å². The Morgan fingerprint density at radius 1 is 1.45 bits per heavy atom. The van der Waals surface area contributed by atoms with Gasteiger partial charge in [0.2, 0.25) is 0 Å². The summed E-state index contributed by atoms with van der Waals surface area (Å²) >= 11 is 0. The molecule has 0 amide bonds. The van der Waals surface area contributed by atoms with Crippen molar-refractivity contribution in [3.63, 3.8) is 0 Å². The lowest BCUT2D eigenvalue weighted by Gasteiger charge is -2.30. The van der Waals surface area contributed by atoms with Crippen LogP contribution in [0.15, 0.2) is 0 Å². The third kappa shape index (κ3) is 2.01. The van der Waals surface area contributed by atoms with Crippen molar-refractivity contribution in [1.29, 1.82) is 0 Å². The van der Waals surface area contributed by atoms with E-state index in [-0.39, 0.29) is 5.78 Å². The number of hydrogen-bond donors (Lipinski definition) is 1. The van der Waals surface area contributed by atoms with Gasteiger partial charge in [0.05, 0.1) is 0 Å². The summed E-state index contributed by atoms with van der Waals surface area (Å²) in [5, 5.41) is 0. The Balaban J connectivity index is 2.47. The Bertz CT molecular complexity index is 169. The van der Waals surface area contributed by atoms with Gasteiger partial charge in [0.25, 0.3) is 6.47 Å². The van der Waals surface area contributed by atoms with Crippen molar-refractivity contribution in [2.75, 3.05) is 0 Å². The van der Waals surface area contributed by atoms with Gasteiger partial charge in [-0.2, -0.15) is 0 Å². The van der Waals surface area contributed by atoms with Gasteiger partial charge in [0, 0.05) is 25.7 Å². The molecule has 0 unspecified atom stereocenters. The number of nitrogens with two attached hydrogens (primary N) is 1. The average molecular weight is 157 g/mol.